The predicted octanol–water partition coefficient (Wildman–Crippen LogP) is 1.58. The Kier molecular flexibility index (Phi) is 5.44. The number of imide groups is 1. The van der Waals surface area contributed by atoms with Gasteiger partial charge in [0, 0.05) is 19.6 Å². The molecule has 4 rings (SSSR count). The smallest absolute Gasteiger partial charge is 0.325 e. The topological polar surface area (TPSA) is 90.5 Å². The molecule has 7 nitrogen and oxygen atoms in total. The van der Waals surface area contributed by atoms with Crippen LogP contribution in [0, 0.1) is 0 Å². The largest absolute Gasteiger partial charge is 0.350 e. The summed E-state index contributed by atoms with van der Waals surface area (Å²) in [4.78, 5) is 38.7. The Hall–Kier alpha value is -2.12. The summed E-state index contributed by atoms with van der Waals surface area (Å²) in [5.74, 6) is -0.576. The van der Waals surface area contributed by atoms with Gasteiger partial charge in [-0.2, -0.15) is 0 Å². The maximum atomic E-state index is 12.7. The number of nitrogens with one attached hydrogen (secondary N) is 3. The molecule has 1 saturated heterocycles. The summed E-state index contributed by atoms with van der Waals surface area (Å²) in [6.45, 7) is 3.71. The van der Waals surface area contributed by atoms with Crippen LogP contribution < -0.4 is 16.0 Å². The molecule has 1 saturated carbocycles. The van der Waals surface area contributed by atoms with Crippen LogP contribution >= 0.6 is 12.4 Å². The maximum Gasteiger partial charge on any atom is 0.325 e. The second kappa shape index (κ2) is 7.48. The lowest BCUT2D eigenvalue weighted by atomic mass is 9.97. The van der Waals surface area contributed by atoms with E-state index in [1.54, 1.807) is 6.92 Å². The molecule has 1 aromatic rings. The van der Waals surface area contributed by atoms with Gasteiger partial charge in [0.05, 0.1) is 0 Å². The maximum absolute atomic E-state index is 12.7. The van der Waals surface area contributed by atoms with Gasteiger partial charge in [0.2, 0.25) is 5.91 Å². The molecule has 0 aromatic heterocycles. The Labute approximate surface area is 164 Å². The molecule has 146 valence electrons. The first-order valence-corrected chi connectivity index (χ1v) is 9.25. The highest BCUT2D eigenvalue weighted by atomic mass is 35.5. The zero-order valence-electron chi connectivity index (χ0n) is 15.3. The van der Waals surface area contributed by atoms with Crippen LogP contribution in [0.2, 0.25) is 0 Å². The van der Waals surface area contributed by atoms with Crippen LogP contribution in [-0.2, 0) is 29.2 Å². The second-order valence-corrected chi connectivity index (χ2v) is 7.49. The van der Waals surface area contributed by atoms with E-state index in [-0.39, 0.29) is 24.2 Å². The van der Waals surface area contributed by atoms with Gasteiger partial charge in [0.1, 0.15) is 11.6 Å². The SMILES string of the molecule is CC(C(=O)NCc1ccc2c(c1)CNC2)N1C(=O)NC2(CCCC2)C1=O.Cl. The summed E-state index contributed by atoms with van der Waals surface area (Å²) in [7, 11) is 0. The molecule has 2 aliphatic heterocycles. The average Bonchev–Trinajstić information content (AvgIpc) is 3.33. The van der Waals surface area contributed by atoms with Crippen molar-refractivity contribution < 1.29 is 14.4 Å². The van der Waals surface area contributed by atoms with Gasteiger partial charge in [-0.15, -0.1) is 12.4 Å². The summed E-state index contributed by atoms with van der Waals surface area (Å²) in [5, 5.41) is 8.96. The Bertz CT molecular complexity index is 776. The predicted molar refractivity (Wildman–Crippen MR) is 102 cm³/mol. The molecule has 8 heteroatoms. The van der Waals surface area contributed by atoms with E-state index in [4.69, 9.17) is 0 Å². The molecule has 27 heavy (non-hydrogen) atoms. The summed E-state index contributed by atoms with van der Waals surface area (Å²) in [6.07, 6.45) is 3.17. The van der Waals surface area contributed by atoms with Crippen molar-refractivity contribution in [1.29, 1.82) is 0 Å². The van der Waals surface area contributed by atoms with Gasteiger partial charge >= 0.3 is 6.03 Å². The van der Waals surface area contributed by atoms with E-state index in [2.05, 4.69) is 28.1 Å². The van der Waals surface area contributed by atoms with Gasteiger partial charge < -0.3 is 16.0 Å². The molecular weight excluding hydrogens is 368 g/mol. The number of carbonyl (C=O) groups is 3. The zero-order chi connectivity index (χ0) is 18.3. The van der Waals surface area contributed by atoms with Crippen molar-refractivity contribution in [2.75, 3.05) is 0 Å². The number of halogens is 1. The van der Waals surface area contributed by atoms with E-state index in [9.17, 15) is 14.4 Å². The molecule has 1 aromatic carbocycles. The monoisotopic (exact) mass is 392 g/mol. The third-order valence-electron chi connectivity index (χ3n) is 5.79. The molecule has 3 N–H and O–H groups in total. The van der Waals surface area contributed by atoms with Crippen molar-refractivity contribution in [3.05, 3.63) is 34.9 Å². The number of amides is 4. The number of hydrogen-bond donors (Lipinski definition) is 3. The first-order chi connectivity index (χ1) is 12.5. The third-order valence-corrected chi connectivity index (χ3v) is 5.79. The molecule has 1 atom stereocenters. The Balaban J connectivity index is 0.00000210. The minimum atomic E-state index is -0.821. The van der Waals surface area contributed by atoms with Crippen LogP contribution in [0.25, 0.3) is 0 Å². The first kappa shape index (κ1) is 19.6. The van der Waals surface area contributed by atoms with Crippen molar-refractivity contribution in [3.63, 3.8) is 0 Å². The van der Waals surface area contributed by atoms with E-state index in [0.29, 0.717) is 19.4 Å². The number of benzene rings is 1. The average molecular weight is 393 g/mol. The normalized spacial score (nSPS) is 21.0. The van der Waals surface area contributed by atoms with Gasteiger partial charge in [-0.25, -0.2) is 9.69 Å². The first-order valence-electron chi connectivity index (χ1n) is 9.25. The zero-order valence-corrected chi connectivity index (χ0v) is 16.2. The fourth-order valence-electron chi connectivity index (χ4n) is 4.22. The number of urea groups is 1. The molecule has 2 heterocycles. The van der Waals surface area contributed by atoms with Crippen LogP contribution in [-0.4, -0.2) is 34.3 Å². The minimum Gasteiger partial charge on any atom is -0.350 e. The minimum absolute atomic E-state index is 0. The summed E-state index contributed by atoms with van der Waals surface area (Å²) in [5.41, 5.74) is 2.77. The number of carbonyl (C=O) groups excluding carboxylic acids is 3. The lowest BCUT2D eigenvalue weighted by Gasteiger charge is -2.23. The highest BCUT2D eigenvalue weighted by Gasteiger charge is 2.54. The van der Waals surface area contributed by atoms with Crippen molar-refractivity contribution in [1.82, 2.24) is 20.9 Å². The van der Waals surface area contributed by atoms with Gasteiger partial charge in [-0.3, -0.25) is 9.59 Å². The van der Waals surface area contributed by atoms with E-state index in [1.165, 1.54) is 11.1 Å². The molecular formula is C19H25ClN4O3. The van der Waals surface area contributed by atoms with E-state index < -0.39 is 17.6 Å². The number of nitrogens with zero attached hydrogens (tertiary/aromatic N) is 1. The number of rotatable bonds is 4. The Morgan fingerprint density at radius 2 is 1.93 bits per heavy atom. The van der Waals surface area contributed by atoms with Gasteiger partial charge in [0.25, 0.3) is 5.91 Å². The summed E-state index contributed by atoms with van der Waals surface area (Å²) in [6, 6.07) is 4.88. The Morgan fingerprint density at radius 3 is 2.67 bits per heavy atom. The van der Waals surface area contributed by atoms with E-state index in [1.807, 2.05) is 6.07 Å². The summed E-state index contributed by atoms with van der Waals surface area (Å²) < 4.78 is 0. The fraction of sp³-hybridized carbons (Fsp3) is 0.526. The van der Waals surface area contributed by atoms with Crippen molar-refractivity contribution >= 4 is 30.3 Å². The van der Waals surface area contributed by atoms with Crippen molar-refractivity contribution in [2.45, 2.75) is 63.8 Å². The third kappa shape index (κ3) is 3.41. The van der Waals surface area contributed by atoms with Crippen LogP contribution in [0.3, 0.4) is 0 Å². The molecule has 0 radical (unpaired) electrons. The lowest BCUT2D eigenvalue weighted by molar-refractivity contribution is -0.137. The molecule has 1 aliphatic carbocycles. The van der Waals surface area contributed by atoms with Crippen LogP contribution in [0.5, 0.6) is 0 Å². The fourth-order valence-corrected chi connectivity index (χ4v) is 4.22. The van der Waals surface area contributed by atoms with Crippen molar-refractivity contribution in [2.24, 2.45) is 0 Å². The van der Waals surface area contributed by atoms with E-state index >= 15 is 0 Å². The number of fused-ring (bicyclic) bond motifs is 1. The van der Waals surface area contributed by atoms with Crippen molar-refractivity contribution in [3.8, 4) is 0 Å². The molecule has 4 amide bonds. The molecule has 0 bridgehead atoms. The highest BCUT2D eigenvalue weighted by molar-refractivity contribution is 6.09. The number of hydrogen-bond acceptors (Lipinski definition) is 4. The second-order valence-electron chi connectivity index (χ2n) is 7.49. The van der Waals surface area contributed by atoms with Crippen LogP contribution in [0.4, 0.5) is 4.79 Å². The van der Waals surface area contributed by atoms with Gasteiger partial charge in [-0.1, -0.05) is 31.0 Å². The molecule has 2 fully saturated rings. The Morgan fingerprint density at radius 1 is 1.22 bits per heavy atom. The van der Waals surface area contributed by atoms with Crippen LogP contribution in [0.15, 0.2) is 18.2 Å². The van der Waals surface area contributed by atoms with Crippen LogP contribution in [0.1, 0.15) is 49.3 Å². The highest BCUT2D eigenvalue weighted by Crippen LogP contribution is 2.35. The molecule has 3 aliphatic rings. The standard InChI is InChI=1S/C19H24N4O3.ClH/c1-12(23-17(25)19(22-18(23)26)6-2-3-7-19)16(24)21-9-13-4-5-14-10-20-11-15(14)8-13;/h4-5,8,12,20H,2-3,6-7,9-11H2,1H3,(H,21,24)(H,22,26);1H. The van der Waals surface area contributed by atoms with E-state index in [0.717, 1.165) is 36.4 Å². The van der Waals surface area contributed by atoms with Gasteiger partial charge in [-0.05, 0) is 36.5 Å². The lowest BCUT2D eigenvalue weighted by Crippen LogP contribution is -2.49. The van der Waals surface area contributed by atoms with Gasteiger partial charge in [0.15, 0.2) is 0 Å². The molecule has 1 unspecified atom stereocenters. The summed E-state index contributed by atoms with van der Waals surface area (Å²) >= 11 is 0. The quantitative estimate of drug-likeness (QED) is 0.678. The molecule has 1 spiro atoms.